The molecule has 0 bridgehead atoms. The predicted molar refractivity (Wildman–Crippen MR) is 94.1 cm³/mol. The van der Waals surface area contributed by atoms with Crippen molar-refractivity contribution in [3.8, 4) is 22.6 Å². The monoisotopic (exact) mass is 354 g/mol. The number of ether oxygens (including phenoxy) is 1. The van der Waals surface area contributed by atoms with Crippen LogP contribution in [0.1, 0.15) is 10.4 Å². The Hall–Kier alpha value is -3.60. The molecule has 8 heteroatoms. The molecule has 1 aliphatic rings. The third-order valence-electron chi connectivity index (χ3n) is 3.86. The fourth-order valence-electron chi connectivity index (χ4n) is 2.65. The van der Waals surface area contributed by atoms with Crippen molar-refractivity contribution in [3.63, 3.8) is 0 Å². The molecule has 0 atom stereocenters. The van der Waals surface area contributed by atoms with Crippen LogP contribution < -0.4 is 15.4 Å². The SMILES string of the molecule is [C-]#[N+]c1ccc(O)c(C(=O)NC2=NCCN2)c1-c1cc(OC)ccc1F. The van der Waals surface area contributed by atoms with E-state index in [1.807, 2.05) is 0 Å². The summed E-state index contributed by atoms with van der Waals surface area (Å²) in [5.41, 5.74) is -0.200. The number of aromatic hydroxyl groups is 1. The molecule has 26 heavy (non-hydrogen) atoms. The number of carbonyl (C=O) groups is 1. The van der Waals surface area contributed by atoms with Crippen LogP contribution in [0.3, 0.4) is 0 Å². The molecule has 0 radical (unpaired) electrons. The van der Waals surface area contributed by atoms with E-state index in [9.17, 15) is 14.3 Å². The number of rotatable bonds is 3. The van der Waals surface area contributed by atoms with E-state index in [4.69, 9.17) is 11.3 Å². The van der Waals surface area contributed by atoms with Crippen LogP contribution in [0.15, 0.2) is 35.3 Å². The number of guanidine groups is 1. The standard InChI is InChI=1S/C18H15FN4O3/c1-20-13-5-6-14(24)16(17(25)23-18-21-7-8-22-18)15(13)11-9-10(26-2)3-4-12(11)19/h3-6,9,24H,7-8H2,2H3,(H2,21,22,23,25). The van der Waals surface area contributed by atoms with Gasteiger partial charge in [-0.25, -0.2) is 9.24 Å². The Bertz CT molecular complexity index is 950. The van der Waals surface area contributed by atoms with Gasteiger partial charge in [0.2, 0.25) is 0 Å². The van der Waals surface area contributed by atoms with Crippen LogP contribution in [0.25, 0.3) is 16.0 Å². The van der Waals surface area contributed by atoms with Gasteiger partial charge < -0.3 is 15.2 Å². The van der Waals surface area contributed by atoms with Crippen LogP contribution in [0, 0.1) is 12.4 Å². The second-order valence-electron chi connectivity index (χ2n) is 5.42. The van der Waals surface area contributed by atoms with Crippen molar-refractivity contribution in [1.82, 2.24) is 10.6 Å². The van der Waals surface area contributed by atoms with Crippen LogP contribution in [0.2, 0.25) is 0 Å². The third-order valence-corrected chi connectivity index (χ3v) is 3.86. The van der Waals surface area contributed by atoms with Crippen molar-refractivity contribution in [2.24, 2.45) is 4.99 Å². The van der Waals surface area contributed by atoms with Gasteiger partial charge in [-0.1, -0.05) is 6.07 Å². The first kappa shape index (κ1) is 17.2. The van der Waals surface area contributed by atoms with Gasteiger partial charge in [0.1, 0.15) is 17.3 Å². The highest BCUT2D eigenvalue weighted by atomic mass is 19.1. The minimum absolute atomic E-state index is 0.00695. The molecular weight excluding hydrogens is 339 g/mol. The molecule has 3 N–H and O–H groups in total. The Morgan fingerprint density at radius 2 is 2.23 bits per heavy atom. The van der Waals surface area contributed by atoms with Gasteiger partial charge in [-0.15, -0.1) is 0 Å². The molecule has 3 rings (SSSR count). The Morgan fingerprint density at radius 3 is 2.88 bits per heavy atom. The van der Waals surface area contributed by atoms with Gasteiger partial charge >= 0.3 is 0 Å². The smallest absolute Gasteiger partial charge is 0.261 e. The number of hydrogen-bond donors (Lipinski definition) is 3. The van der Waals surface area contributed by atoms with E-state index in [2.05, 4.69) is 20.5 Å². The molecule has 7 nitrogen and oxygen atoms in total. The summed E-state index contributed by atoms with van der Waals surface area (Å²) in [6.07, 6.45) is 0. The maximum atomic E-state index is 14.5. The fraction of sp³-hybridized carbons (Fsp3) is 0.167. The van der Waals surface area contributed by atoms with E-state index in [0.29, 0.717) is 18.8 Å². The zero-order valence-electron chi connectivity index (χ0n) is 13.8. The average molecular weight is 354 g/mol. The minimum atomic E-state index is -0.696. The van der Waals surface area contributed by atoms with E-state index < -0.39 is 11.7 Å². The summed E-state index contributed by atoms with van der Waals surface area (Å²) in [5.74, 6) is -1.09. The number of hydrogen-bond acceptors (Lipinski definition) is 5. The summed E-state index contributed by atoms with van der Waals surface area (Å²) in [5, 5.41) is 15.7. The lowest BCUT2D eigenvalue weighted by Crippen LogP contribution is -2.38. The zero-order chi connectivity index (χ0) is 18.7. The highest BCUT2D eigenvalue weighted by Gasteiger charge is 2.24. The van der Waals surface area contributed by atoms with Gasteiger partial charge in [0, 0.05) is 17.7 Å². The summed E-state index contributed by atoms with van der Waals surface area (Å²) in [6.45, 7) is 8.46. The quantitative estimate of drug-likeness (QED) is 0.739. The molecule has 2 aromatic carbocycles. The number of nitrogens with zero attached hydrogens (tertiary/aromatic N) is 2. The third kappa shape index (κ3) is 3.15. The van der Waals surface area contributed by atoms with Crippen LogP contribution in [0.5, 0.6) is 11.5 Å². The lowest BCUT2D eigenvalue weighted by molar-refractivity contribution is 0.0974. The molecule has 0 spiro atoms. The predicted octanol–water partition coefficient (Wildman–Crippen LogP) is 2.45. The zero-order valence-corrected chi connectivity index (χ0v) is 13.8. The summed E-state index contributed by atoms with van der Waals surface area (Å²) in [7, 11) is 1.42. The number of aliphatic imine (C=N–C) groups is 1. The molecule has 2 aromatic rings. The normalized spacial score (nSPS) is 12.7. The molecule has 1 aliphatic heterocycles. The number of amides is 1. The van der Waals surface area contributed by atoms with Crippen molar-refractivity contribution in [2.75, 3.05) is 20.2 Å². The van der Waals surface area contributed by atoms with Crippen LogP contribution >= 0.6 is 0 Å². The number of carbonyl (C=O) groups excluding carboxylic acids is 1. The highest BCUT2D eigenvalue weighted by molar-refractivity contribution is 6.12. The molecule has 0 unspecified atom stereocenters. The molecule has 1 amide bonds. The first-order valence-corrected chi connectivity index (χ1v) is 7.72. The summed E-state index contributed by atoms with van der Waals surface area (Å²) in [6, 6.07) is 6.54. The minimum Gasteiger partial charge on any atom is -0.507 e. The van der Waals surface area contributed by atoms with Crippen LogP contribution in [0.4, 0.5) is 10.1 Å². The Balaban J connectivity index is 2.19. The van der Waals surface area contributed by atoms with Crippen molar-refractivity contribution in [3.05, 3.63) is 53.1 Å². The van der Waals surface area contributed by atoms with Crippen LogP contribution in [-0.2, 0) is 0 Å². The van der Waals surface area contributed by atoms with Crippen molar-refractivity contribution < 1.29 is 19.0 Å². The molecule has 132 valence electrons. The molecule has 1 heterocycles. The molecule has 0 aromatic heterocycles. The first-order valence-electron chi connectivity index (χ1n) is 7.72. The molecule has 0 saturated heterocycles. The lowest BCUT2D eigenvalue weighted by Gasteiger charge is -2.15. The van der Waals surface area contributed by atoms with Crippen molar-refractivity contribution in [2.45, 2.75) is 0 Å². The maximum absolute atomic E-state index is 14.5. The lowest BCUT2D eigenvalue weighted by atomic mass is 9.95. The van der Waals surface area contributed by atoms with Gasteiger partial charge in [0.15, 0.2) is 11.6 Å². The van der Waals surface area contributed by atoms with Gasteiger partial charge in [-0.2, -0.15) is 0 Å². The van der Waals surface area contributed by atoms with Crippen molar-refractivity contribution in [1.29, 1.82) is 0 Å². The number of nitrogens with one attached hydrogen (secondary N) is 2. The Morgan fingerprint density at radius 1 is 1.42 bits per heavy atom. The number of methoxy groups -OCH3 is 1. The maximum Gasteiger partial charge on any atom is 0.261 e. The van der Waals surface area contributed by atoms with E-state index in [1.165, 1.54) is 37.4 Å². The highest BCUT2D eigenvalue weighted by Crippen LogP contribution is 2.40. The molecule has 0 saturated carbocycles. The Kier molecular flexibility index (Phi) is 4.71. The van der Waals surface area contributed by atoms with E-state index in [-0.39, 0.29) is 34.1 Å². The van der Waals surface area contributed by atoms with E-state index in [0.717, 1.165) is 0 Å². The fourth-order valence-corrected chi connectivity index (χ4v) is 2.65. The number of phenols is 1. The van der Waals surface area contributed by atoms with Crippen molar-refractivity contribution >= 4 is 17.6 Å². The number of phenolic OH excluding ortho intramolecular Hbond substituents is 1. The second-order valence-corrected chi connectivity index (χ2v) is 5.42. The molecular formula is C18H15FN4O3. The summed E-state index contributed by atoms with van der Waals surface area (Å²) >= 11 is 0. The molecule has 0 aliphatic carbocycles. The summed E-state index contributed by atoms with van der Waals surface area (Å²) < 4.78 is 19.6. The topological polar surface area (TPSA) is 87.3 Å². The average Bonchev–Trinajstić information content (AvgIpc) is 3.14. The van der Waals surface area contributed by atoms with Gasteiger partial charge in [0.25, 0.3) is 5.91 Å². The van der Waals surface area contributed by atoms with E-state index >= 15 is 0 Å². The summed E-state index contributed by atoms with van der Waals surface area (Å²) in [4.78, 5) is 20.1. The van der Waals surface area contributed by atoms with Gasteiger partial charge in [-0.05, 0) is 24.3 Å². The van der Waals surface area contributed by atoms with Crippen LogP contribution in [-0.4, -0.2) is 37.2 Å². The number of benzene rings is 2. The molecule has 0 fully saturated rings. The second kappa shape index (κ2) is 7.11. The largest absolute Gasteiger partial charge is 0.507 e. The van der Waals surface area contributed by atoms with E-state index in [1.54, 1.807) is 0 Å². The van der Waals surface area contributed by atoms with Gasteiger partial charge in [-0.3, -0.25) is 15.1 Å². The first-order chi connectivity index (χ1) is 12.5. The number of halogens is 1. The Labute approximate surface area is 149 Å². The van der Waals surface area contributed by atoms with Gasteiger partial charge in [0.05, 0.1) is 25.8 Å².